The van der Waals surface area contributed by atoms with Gasteiger partial charge in [0.2, 0.25) is 0 Å². The fourth-order valence-corrected chi connectivity index (χ4v) is 1.88. The number of nitrogens with one attached hydrogen (secondary N) is 1. The Bertz CT molecular complexity index is 311. The second kappa shape index (κ2) is 7.30. The molecule has 0 bridgehead atoms. The average molecular weight is 236 g/mol. The van der Waals surface area contributed by atoms with Crippen LogP contribution in [0.4, 0.5) is 0 Å². The molecule has 0 aliphatic rings. The first-order valence-electron chi connectivity index (χ1n) is 6.31. The minimum Gasteiger partial charge on any atom is -0.494 e. The summed E-state index contributed by atoms with van der Waals surface area (Å²) in [6, 6.07) is 8.65. The molecular formula is C14H24N2O. The molecule has 0 amide bonds. The summed E-state index contributed by atoms with van der Waals surface area (Å²) >= 11 is 0. The summed E-state index contributed by atoms with van der Waals surface area (Å²) in [6.45, 7) is 5.61. The molecule has 3 heteroatoms. The van der Waals surface area contributed by atoms with Crippen molar-refractivity contribution in [2.24, 2.45) is 11.7 Å². The van der Waals surface area contributed by atoms with Crippen LogP contribution >= 0.6 is 0 Å². The summed E-state index contributed by atoms with van der Waals surface area (Å²) in [5.74, 6) is 1.46. The highest BCUT2D eigenvalue weighted by Crippen LogP contribution is 2.22. The molecule has 0 spiro atoms. The Kier molecular flexibility index (Phi) is 6.01. The second-order valence-corrected chi connectivity index (χ2v) is 4.42. The van der Waals surface area contributed by atoms with Gasteiger partial charge >= 0.3 is 0 Å². The Balaban J connectivity index is 2.68. The van der Waals surface area contributed by atoms with E-state index in [1.54, 1.807) is 0 Å². The summed E-state index contributed by atoms with van der Waals surface area (Å²) in [4.78, 5) is 0. The normalized spacial score (nSPS) is 14.4. The van der Waals surface area contributed by atoms with Crippen molar-refractivity contribution in [3.05, 3.63) is 29.8 Å². The van der Waals surface area contributed by atoms with E-state index in [0.717, 1.165) is 18.7 Å². The van der Waals surface area contributed by atoms with Crippen LogP contribution in [0, 0.1) is 5.92 Å². The minimum atomic E-state index is 0.365. The van der Waals surface area contributed by atoms with Crippen LogP contribution < -0.4 is 15.8 Å². The van der Waals surface area contributed by atoms with E-state index in [4.69, 9.17) is 10.5 Å². The molecule has 1 aromatic rings. The van der Waals surface area contributed by atoms with Crippen molar-refractivity contribution in [3.8, 4) is 5.75 Å². The lowest BCUT2D eigenvalue weighted by Crippen LogP contribution is -2.22. The van der Waals surface area contributed by atoms with Crippen molar-refractivity contribution in [1.82, 2.24) is 5.32 Å². The first-order chi connectivity index (χ1) is 8.21. The van der Waals surface area contributed by atoms with Gasteiger partial charge < -0.3 is 15.8 Å². The molecule has 3 nitrogen and oxygen atoms in total. The van der Waals surface area contributed by atoms with Crippen molar-refractivity contribution in [3.63, 3.8) is 0 Å². The van der Waals surface area contributed by atoms with Gasteiger partial charge in [0.05, 0.1) is 6.61 Å². The van der Waals surface area contributed by atoms with Gasteiger partial charge in [-0.05, 0) is 50.6 Å². The number of ether oxygens (including phenoxy) is 1. The fraction of sp³-hybridized carbons (Fsp3) is 0.571. The Morgan fingerprint density at radius 3 is 2.41 bits per heavy atom. The smallest absolute Gasteiger partial charge is 0.119 e. The summed E-state index contributed by atoms with van der Waals surface area (Å²) < 4.78 is 5.44. The molecule has 17 heavy (non-hydrogen) atoms. The quantitative estimate of drug-likeness (QED) is 0.764. The Morgan fingerprint density at radius 1 is 1.29 bits per heavy atom. The van der Waals surface area contributed by atoms with E-state index in [1.807, 2.05) is 26.1 Å². The summed E-state index contributed by atoms with van der Waals surface area (Å²) in [5, 5.41) is 3.34. The molecule has 1 rings (SSSR count). The maximum absolute atomic E-state index is 5.67. The predicted molar refractivity (Wildman–Crippen MR) is 72.2 cm³/mol. The number of hydrogen-bond acceptors (Lipinski definition) is 3. The SMILES string of the molecule is CCOc1ccc(C(CC(C)CN)NC)cc1. The van der Waals surface area contributed by atoms with E-state index in [2.05, 4.69) is 24.4 Å². The van der Waals surface area contributed by atoms with Crippen molar-refractivity contribution in [2.75, 3.05) is 20.2 Å². The van der Waals surface area contributed by atoms with Crippen LogP contribution in [0.5, 0.6) is 5.75 Å². The summed E-state index contributed by atoms with van der Waals surface area (Å²) in [6.07, 6.45) is 1.06. The van der Waals surface area contributed by atoms with Crippen LogP contribution in [-0.2, 0) is 0 Å². The molecule has 0 aromatic heterocycles. The molecule has 1 aromatic carbocycles. The van der Waals surface area contributed by atoms with E-state index in [1.165, 1.54) is 5.56 Å². The zero-order valence-electron chi connectivity index (χ0n) is 11.1. The molecule has 0 radical (unpaired) electrons. The lowest BCUT2D eigenvalue weighted by atomic mass is 9.96. The Labute approximate surface area is 104 Å². The van der Waals surface area contributed by atoms with Gasteiger partial charge in [0, 0.05) is 6.04 Å². The first kappa shape index (κ1) is 14.0. The lowest BCUT2D eigenvalue weighted by molar-refractivity contribution is 0.340. The number of hydrogen-bond donors (Lipinski definition) is 2. The van der Waals surface area contributed by atoms with E-state index in [-0.39, 0.29) is 0 Å². The molecule has 3 N–H and O–H groups in total. The third-order valence-electron chi connectivity index (χ3n) is 2.98. The topological polar surface area (TPSA) is 47.3 Å². The van der Waals surface area contributed by atoms with Gasteiger partial charge in [0.15, 0.2) is 0 Å². The maximum Gasteiger partial charge on any atom is 0.119 e. The number of benzene rings is 1. The van der Waals surface area contributed by atoms with E-state index < -0.39 is 0 Å². The van der Waals surface area contributed by atoms with Crippen LogP contribution in [0.15, 0.2) is 24.3 Å². The molecule has 2 unspecified atom stereocenters. The third kappa shape index (κ3) is 4.36. The summed E-state index contributed by atoms with van der Waals surface area (Å²) in [7, 11) is 1.99. The van der Waals surface area contributed by atoms with Crippen LogP contribution in [0.25, 0.3) is 0 Å². The molecule has 0 fully saturated rings. The van der Waals surface area contributed by atoms with Crippen molar-refractivity contribution in [2.45, 2.75) is 26.3 Å². The van der Waals surface area contributed by atoms with Crippen LogP contribution in [-0.4, -0.2) is 20.2 Å². The molecule has 0 saturated carbocycles. The maximum atomic E-state index is 5.67. The molecule has 0 aliphatic carbocycles. The fourth-order valence-electron chi connectivity index (χ4n) is 1.88. The van der Waals surface area contributed by atoms with Crippen LogP contribution in [0.2, 0.25) is 0 Å². The molecule has 0 aliphatic heterocycles. The van der Waals surface area contributed by atoms with Gasteiger partial charge in [0.25, 0.3) is 0 Å². The van der Waals surface area contributed by atoms with Gasteiger partial charge in [-0.25, -0.2) is 0 Å². The van der Waals surface area contributed by atoms with Gasteiger partial charge in [0.1, 0.15) is 5.75 Å². The molecule has 2 atom stereocenters. The molecule has 0 saturated heterocycles. The van der Waals surface area contributed by atoms with E-state index >= 15 is 0 Å². The van der Waals surface area contributed by atoms with Gasteiger partial charge in [-0.1, -0.05) is 19.1 Å². The van der Waals surface area contributed by atoms with Crippen molar-refractivity contribution < 1.29 is 4.74 Å². The van der Waals surface area contributed by atoms with Crippen molar-refractivity contribution >= 4 is 0 Å². The minimum absolute atomic E-state index is 0.365. The van der Waals surface area contributed by atoms with E-state index in [9.17, 15) is 0 Å². The van der Waals surface area contributed by atoms with Crippen molar-refractivity contribution in [1.29, 1.82) is 0 Å². The van der Waals surface area contributed by atoms with Gasteiger partial charge in [-0.15, -0.1) is 0 Å². The lowest BCUT2D eigenvalue weighted by Gasteiger charge is -2.20. The molecule has 0 heterocycles. The third-order valence-corrected chi connectivity index (χ3v) is 2.98. The second-order valence-electron chi connectivity index (χ2n) is 4.42. The largest absolute Gasteiger partial charge is 0.494 e. The number of nitrogens with two attached hydrogens (primary N) is 1. The van der Waals surface area contributed by atoms with Crippen LogP contribution in [0.3, 0.4) is 0 Å². The average Bonchev–Trinajstić information content (AvgIpc) is 2.37. The highest BCUT2D eigenvalue weighted by Gasteiger charge is 2.12. The molecular weight excluding hydrogens is 212 g/mol. The standard InChI is InChI=1S/C14H24N2O/c1-4-17-13-7-5-12(6-8-13)14(16-3)9-11(2)10-15/h5-8,11,14,16H,4,9-10,15H2,1-3H3. The Morgan fingerprint density at radius 2 is 1.94 bits per heavy atom. The predicted octanol–water partition coefficient (Wildman–Crippen LogP) is 2.33. The zero-order valence-corrected chi connectivity index (χ0v) is 11.1. The highest BCUT2D eigenvalue weighted by molar-refractivity contribution is 5.29. The zero-order chi connectivity index (χ0) is 12.7. The van der Waals surface area contributed by atoms with Gasteiger partial charge in [-0.3, -0.25) is 0 Å². The monoisotopic (exact) mass is 236 g/mol. The van der Waals surface area contributed by atoms with Gasteiger partial charge in [-0.2, -0.15) is 0 Å². The number of rotatable bonds is 7. The molecule has 96 valence electrons. The first-order valence-corrected chi connectivity index (χ1v) is 6.31. The van der Waals surface area contributed by atoms with E-state index in [0.29, 0.717) is 18.6 Å². The van der Waals surface area contributed by atoms with Crippen LogP contribution in [0.1, 0.15) is 31.9 Å². The Hall–Kier alpha value is -1.06. The summed E-state index contributed by atoms with van der Waals surface area (Å²) in [5.41, 5.74) is 6.96. The highest BCUT2D eigenvalue weighted by atomic mass is 16.5.